The quantitative estimate of drug-likeness (QED) is 0.857. The number of halogens is 1. The summed E-state index contributed by atoms with van der Waals surface area (Å²) in [6, 6.07) is 5.41. The summed E-state index contributed by atoms with van der Waals surface area (Å²) in [6.07, 6.45) is -0.342. The first-order valence-corrected chi connectivity index (χ1v) is 5.91. The van der Waals surface area contributed by atoms with Crippen molar-refractivity contribution < 1.29 is 19.0 Å². The van der Waals surface area contributed by atoms with Crippen LogP contribution in [0, 0.1) is 5.82 Å². The Morgan fingerprint density at radius 1 is 1.50 bits per heavy atom. The van der Waals surface area contributed by atoms with E-state index in [4.69, 9.17) is 9.84 Å². The lowest BCUT2D eigenvalue weighted by atomic mass is 10.1. The Morgan fingerprint density at radius 3 is 2.78 bits per heavy atom. The minimum atomic E-state index is -0.366. The average Bonchev–Trinajstić information content (AvgIpc) is 2.39. The van der Waals surface area contributed by atoms with Crippen LogP contribution in [0.15, 0.2) is 24.3 Å². The molecule has 0 aromatic heterocycles. The molecule has 0 saturated carbocycles. The second-order valence-corrected chi connectivity index (χ2v) is 4.45. The van der Waals surface area contributed by atoms with E-state index >= 15 is 0 Å². The van der Waals surface area contributed by atoms with E-state index in [2.05, 4.69) is 0 Å². The summed E-state index contributed by atoms with van der Waals surface area (Å²) in [4.78, 5) is 13.9. The van der Waals surface area contributed by atoms with Crippen molar-refractivity contribution in [3.63, 3.8) is 0 Å². The molecule has 1 aromatic carbocycles. The zero-order chi connectivity index (χ0) is 13.1. The molecule has 1 amide bonds. The van der Waals surface area contributed by atoms with Gasteiger partial charge in [0.05, 0.1) is 25.4 Å². The maximum atomic E-state index is 12.8. The van der Waals surface area contributed by atoms with E-state index in [1.807, 2.05) is 6.92 Å². The van der Waals surface area contributed by atoms with Crippen molar-refractivity contribution in [2.24, 2.45) is 0 Å². The maximum Gasteiger partial charge on any atom is 0.254 e. The molecule has 18 heavy (non-hydrogen) atoms. The summed E-state index contributed by atoms with van der Waals surface area (Å²) in [7, 11) is 0. The molecule has 5 heteroatoms. The van der Waals surface area contributed by atoms with Gasteiger partial charge in [0.1, 0.15) is 5.82 Å². The van der Waals surface area contributed by atoms with Gasteiger partial charge < -0.3 is 14.7 Å². The topological polar surface area (TPSA) is 49.8 Å². The third-order valence-electron chi connectivity index (χ3n) is 3.06. The summed E-state index contributed by atoms with van der Waals surface area (Å²) in [5.41, 5.74) is 0.446. The van der Waals surface area contributed by atoms with E-state index < -0.39 is 0 Å². The number of morpholine rings is 1. The minimum absolute atomic E-state index is 0.0506. The highest BCUT2D eigenvalue weighted by atomic mass is 19.1. The van der Waals surface area contributed by atoms with Crippen LogP contribution in [0.4, 0.5) is 4.39 Å². The Kier molecular flexibility index (Phi) is 3.93. The molecule has 0 aliphatic carbocycles. The summed E-state index contributed by atoms with van der Waals surface area (Å²) >= 11 is 0. The Balaban J connectivity index is 2.13. The standard InChI is InChI=1S/C13H16FNO3/c1-9-8-18-12(7-16)6-15(9)13(17)10-2-4-11(14)5-3-10/h2-5,9,12,16H,6-8H2,1H3. The number of hydrogen-bond acceptors (Lipinski definition) is 3. The number of rotatable bonds is 2. The van der Waals surface area contributed by atoms with Gasteiger partial charge in [0, 0.05) is 12.1 Å². The molecular weight excluding hydrogens is 237 g/mol. The highest BCUT2D eigenvalue weighted by Crippen LogP contribution is 2.15. The van der Waals surface area contributed by atoms with E-state index in [9.17, 15) is 9.18 Å². The molecule has 1 saturated heterocycles. The number of carbonyl (C=O) groups is 1. The molecule has 1 aliphatic rings. The van der Waals surface area contributed by atoms with Crippen LogP contribution in [0.5, 0.6) is 0 Å². The van der Waals surface area contributed by atoms with E-state index in [1.165, 1.54) is 24.3 Å². The molecule has 98 valence electrons. The van der Waals surface area contributed by atoms with Crippen molar-refractivity contribution in [1.82, 2.24) is 4.90 Å². The van der Waals surface area contributed by atoms with Crippen molar-refractivity contribution in [3.8, 4) is 0 Å². The molecule has 1 heterocycles. The van der Waals surface area contributed by atoms with Crippen LogP contribution in [0.25, 0.3) is 0 Å². The highest BCUT2D eigenvalue weighted by Gasteiger charge is 2.29. The molecule has 4 nitrogen and oxygen atoms in total. The van der Waals surface area contributed by atoms with Gasteiger partial charge in [0.25, 0.3) is 5.91 Å². The predicted molar refractivity (Wildman–Crippen MR) is 63.7 cm³/mol. The molecule has 0 radical (unpaired) electrons. The van der Waals surface area contributed by atoms with Gasteiger partial charge in [-0.3, -0.25) is 4.79 Å². The van der Waals surface area contributed by atoms with Crippen LogP contribution in [0.1, 0.15) is 17.3 Å². The number of carbonyl (C=O) groups excluding carboxylic acids is 1. The number of aliphatic hydroxyl groups excluding tert-OH is 1. The van der Waals surface area contributed by atoms with Crippen LogP contribution in [-0.2, 0) is 4.74 Å². The van der Waals surface area contributed by atoms with E-state index in [1.54, 1.807) is 4.90 Å². The van der Waals surface area contributed by atoms with Crippen LogP contribution in [0.3, 0.4) is 0 Å². The van der Waals surface area contributed by atoms with Gasteiger partial charge in [0.15, 0.2) is 0 Å². The maximum absolute atomic E-state index is 12.8. The molecule has 2 unspecified atom stereocenters. The fraction of sp³-hybridized carbons (Fsp3) is 0.462. The number of benzene rings is 1. The van der Waals surface area contributed by atoms with Crippen molar-refractivity contribution in [2.75, 3.05) is 19.8 Å². The molecule has 1 N–H and O–H groups in total. The second-order valence-electron chi connectivity index (χ2n) is 4.45. The number of hydrogen-bond donors (Lipinski definition) is 1. The summed E-state index contributed by atoms with van der Waals surface area (Å²) in [5, 5.41) is 9.07. The Labute approximate surface area is 105 Å². The molecule has 0 bridgehead atoms. The lowest BCUT2D eigenvalue weighted by molar-refractivity contribution is -0.0667. The smallest absolute Gasteiger partial charge is 0.254 e. The van der Waals surface area contributed by atoms with Crippen molar-refractivity contribution in [1.29, 1.82) is 0 Å². The van der Waals surface area contributed by atoms with Gasteiger partial charge in [-0.1, -0.05) is 0 Å². The number of nitrogens with zero attached hydrogens (tertiary/aromatic N) is 1. The van der Waals surface area contributed by atoms with Gasteiger partial charge >= 0.3 is 0 Å². The van der Waals surface area contributed by atoms with Crippen LogP contribution >= 0.6 is 0 Å². The highest BCUT2D eigenvalue weighted by molar-refractivity contribution is 5.94. The van der Waals surface area contributed by atoms with Gasteiger partial charge in [0.2, 0.25) is 0 Å². The van der Waals surface area contributed by atoms with Gasteiger partial charge in [-0.15, -0.1) is 0 Å². The predicted octanol–water partition coefficient (Wildman–Crippen LogP) is 1.05. The second kappa shape index (κ2) is 5.46. The zero-order valence-electron chi connectivity index (χ0n) is 10.2. The van der Waals surface area contributed by atoms with Crippen LogP contribution in [-0.4, -0.2) is 47.8 Å². The Morgan fingerprint density at radius 2 is 2.17 bits per heavy atom. The fourth-order valence-electron chi connectivity index (χ4n) is 1.97. The SMILES string of the molecule is CC1COC(CO)CN1C(=O)c1ccc(F)cc1. The normalized spacial score (nSPS) is 24.1. The molecule has 2 atom stereocenters. The molecular formula is C13H16FNO3. The van der Waals surface area contributed by atoms with E-state index in [0.717, 1.165) is 0 Å². The summed E-state index contributed by atoms with van der Waals surface area (Å²) in [6.45, 7) is 2.53. The Bertz CT molecular complexity index is 421. The molecule has 1 fully saturated rings. The van der Waals surface area contributed by atoms with Crippen molar-refractivity contribution in [2.45, 2.75) is 19.1 Å². The number of aliphatic hydroxyl groups is 1. The van der Waals surface area contributed by atoms with E-state index in [-0.39, 0.29) is 30.5 Å². The number of amides is 1. The lowest BCUT2D eigenvalue weighted by Crippen LogP contribution is -2.52. The van der Waals surface area contributed by atoms with Gasteiger partial charge in [-0.05, 0) is 31.2 Å². The van der Waals surface area contributed by atoms with Gasteiger partial charge in [-0.2, -0.15) is 0 Å². The monoisotopic (exact) mass is 253 g/mol. The number of ether oxygens (including phenoxy) is 1. The molecule has 1 aliphatic heterocycles. The fourth-order valence-corrected chi connectivity index (χ4v) is 1.97. The molecule has 0 spiro atoms. The lowest BCUT2D eigenvalue weighted by Gasteiger charge is -2.37. The summed E-state index contributed by atoms with van der Waals surface area (Å²) in [5.74, 6) is -0.529. The molecule has 2 rings (SSSR count). The average molecular weight is 253 g/mol. The largest absolute Gasteiger partial charge is 0.394 e. The zero-order valence-corrected chi connectivity index (χ0v) is 10.2. The first kappa shape index (κ1) is 13.0. The van der Waals surface area contributed by atoms with Crippen LogP contribution < -0.4 is 0 Å². The van der Waals surface area contributed by atoms with Crippen molar-refractivity contribution in [3.05, 3.63) is 35.6 Å². The van der Waals surface area contributed by atoms with Crippen molar-refractivity contribution >= 4 is 5.91 Å². The third kappa shape index (κ3) is 2.68. The third-order valence-corrected chi connectivity index (χ3v) is 3.06. The minimum Gasteiger partial charge on any atom is -0.394 e. The summed E-state index contributed by atoms with van der Waals surface area (Å²) < 4.78 is 18.2. The Hall–Kier alpha value is -1.46. The van der Waals surface area contributed by atoms with E-state index in [0.29, 0.717) is 18.7 Å². The molecule has 1 aromatic rings. The first-order valence-electron chi connectivity index (χ1n) is 5.91. The van der Waals surface area contributed by atoms with Crippen LogP contribution in [0.2, 0.25) is 0 Å². The first-order chi connectivity index (χ1) is 8.61. The van der Waals surface area contributed by atoms with Gasteiger partial charge in [-0.25, -0.2) is 4.39 Å².